The van der Waals surface area contributed by atoms with Gasteiger partial charge in [0.25, 0.3) is 0 Å². The average molecular weight is 784 g/mol. The van der Waals surface area contributed by atoms with Gasteiger partial charge in [0.1, 0.15) is 0 Å². The lowest BCUT2D eigenvalue weighted by Gasteiger charge is -2.15. The third-order valence-corrected chi connectivity index (χ3v) is 9.97. The predicted molar refractivity (Wildman–Crippen MR) is 241 cm³/mol. The summed E-state index contributed by atoms with van der Waals surface area (Å²) < 4.78 is 12.6. The van der Waals surface area contributed by atoms with Crippen LogP contribution in [0.15, 0.2) is 42.5 Å². The van der Waals surface area contributed by atoms with Gasteiger partial charge in [0, 0.05) is 6.54 Å². The lowest BCUT2D eigenvalue weighted by atomic mass is 10.1. The SMILES string of the molecule is CCCCCCCCC=CCCCCCCCCOc1ccc(CNCCCCN)cc1OCCCCCCCCC=CCCCCCCCC.Cl.Cl. The highest BCUT2D eigenvalue weighted by Gasteiger charge is 2.08. The number of benzene rings is 1. The van der Waals surface area contributed by atoms with Crippen molar-refractivity contribution in [1.29, 1.82) is 0 Å². The van der Waals surface area contributed by atoms with Gasteiger partial charge >= 0.3 is 0 Å². The molecular weight excluding hydrogens is 695 g/mol. The predicted octanol–water partition coefficient (Wildman–Crippen LogP) is 15.2. The molecule has 0 aromatic heterocycles. The summed E-state index contributed by atoms with van der Waals surface area (Å²) in [5, 5.41) is 3.55. The molecule has 0 amide bonds. The Labute approximate surface area is 342 Å². The maximum atomic E-state index is 6.34. The number of hydrogen-bond acceptors (Lipinski definition) is 4. The smallest absolute Gasteiger partial charge is 0.161 e. The molecule has 0 heterocycles. The van der Waals surface area contributed by atoms with E-state index in [9.17, 15) is 0 Å². The first-order valence-corrected chi connectivity index (χ1v) is 22.4. The lowest BCUT2D eigenvalue weighted by Crippen LogP contribution is -2.16. The highest BCUT2D eigenvalue weighted by atomic mass is 35.5. The number of hydrogen-bond donors (Lipinski definition) is 2. The number of halogens is 2. The zero-order valence-corrected chi connectivity index (χ0v) is 36.6. The molecule has 0 fully saturated rings. The van der Waals surface area contributed by atoms with Crippen LogP contribution < -0.4 is 20.5 Å². The first-order valence-electron chi connectivity index (χ1n) is 22.4. The molecule has 0 bridgehead atoms. The zero-order chi connectivity index (χ0) is 36.6. The van der Waals surface area contributed by atoms with Gasteiger partial charge < -0.3 is 20.5 Å². The van der Waals surface area contributed by atoms with Crippen LogP contribution in [0, 0.1) is 0 Å². The molecule has 0 radical (unpaired) electrons. The van der Waals surface area contributed by atoms with Crippen molar-refractivity contribution in [2.75, 3.05) is 26.3 Å². The molecule has 0 aliphatic carbocycles. The minimum Gasteiger partial charge on any atom is -0.490 e. The van der Waals surface area contributed by atoms with Crippen LogP contribution in [-0.4, -0.2) is 26.3 Å². The van der Waals surface area contributed by atoms with E-state index in [1.165, 1.54) is 173 Å². The summed E-state index contributed by atoms with van der Waals surface area (Å²) in [6, 6.07) is 6.49. The van der Waals surface area contributed by atoms with E-state index in [4.69, 9.17) is 15.2 Å². The average Bonchev–Trinajstić information content (AvgIpc) is 3.14. The second-order valence-corrected chi connectivity index (χ2v) is 15.0. The van der Waals surface area contributed by atoms with Crippen molar-refractivity contribution in [1.82, 2.24) is 5.32 Å². The van der Waals surface area contributed by atoms with Crippen LogP contribution in [-0.2, 0) is 6.54 Å². The van der Waals surface area contributed by atoms with E-state index in [1.807, 2.05) is 0 Å². The number of allylic oxidation sites excluding steroid dienone is 4. The molecule has 6 heteroatoms. The fourth-order valence-electron chi connectivity index (χ4n) is 6.58. The van der Waals surface area contributed by atoms with Crippen LogP contribution in [0.5, 0.6) is 11.5 Å². The third kappa shape index (κ3) is 37.5. The van der Waals surface area contributed by atoms with Crippen LogP contribution >= 0.6 is 24.8 Å². The van der Waals surface area contributed by atoms with E-state index in [1.54, 1.807) is 0 Å². The Morgan fingerprint density at radius 2 is 0.868 bits per heavy atom. The van der Waals surface area contributed by atoms with E-state index in [-0.39, 0.29) is 24.8 Å². The van der Waals surface area contributed by atoms with Crippen LogP contribution in [0.3, 0.4) is 0 Å². The zero-order valence-electron chi connectivity index (χ0n) is 35.0. The van der Waals surface area contributed by atoms with Crippen LogP contribution in [0.2, 0.25) is 0 Å². The van der Waals surface area contributed by atoms with Crippen LogP contribution in [0.1, 0.15) is 212 Å². The van der Waals surface area contributed by atoms with Crippen molar-refractivity contribution in [3.63, 3.8) is 0 Å². The van der Waals surface area contributed by atoms with Crippen LogP contribution in [0.4, 0.5) is 0 Å². The molecule has 53 heavy (non-hydrogen) atoms. The van der Waals surface area contributed by atoms with E-state index < -0.39 is 0 Å². The van der Waals surface area contributed by atoms with Gasteiger partial charge in [0.05, 0.1) is 13.2 Å². The highest BCUT2D eigenvalue weighted by molar-refractivity contribution is 5.85. The van der Waals surface area contributed by atoms with Crippen molar-refractivity contribution in [3.05, 3.63) is 48.1 Å². The van der Waals surface area contributed by atoms with Gasteiger partial charge in [-0.15, -0.1) is 24.8 Å². The molecule has 0 spiro atoms. The second kappa shape index (κ2) is 45.2. The van der Waals surface area contributed by atoms with E-state index >= 15 is 0 Å². The van der Waals surface area contributed by atoms with Gasteiger partial charge in [-0.3, -0.25) is 0 Å². The number of rotatable bonds is 40. The Kier molecular flexibility index (Phi) is 46.0. The molecule has 4 nitrogen and oxygen atoms in total. The summed E-state index contributed by atoms with van der Waals surface area (Å²) in [6.45, 7) is 8.72. The number of nitrogens with two attached hydrogens (primary N) is 1. The highest BCUT2D eigenvalue weighted by Crippen LogP contribution is 2.29. The molecule has 3 N–H and O–H groups in total. The molecule has 0 saturated heterocycles. The Hall–Kier alpha value is -1.20. The topological polar surface area (TPSA) is 56.5 Å². The van der Waals surface area contributed by atoms with Crippen molar-refractivity contribution in [2.24, 2.45) is 5.73 Å². The Morgan fingerprint density at radius 1 is 0.472 bits per heavy atom. The van der Waals surface area contributed by atoms with Gasteiger partial charge in [0.2, 0.25) is 0 Å². The molecule has 0 saturated carbocycles. The fraction of sp³-hybridized carbons (Fsp3) is 0.787. The molecule has 1 aromatic carbocycles. The van der Waals surface area contributed by atoms with Crippen molar-refractivity contribution in [3.8, 4) is 11.5 Å². The Bertz CT molecular complexity index is 911. The van der Waals surface area contributed by atoms with E-state index in [0.717, 1.165) is 70.0 Å². The summed E-state index contributed by atoms with van der Waals surface area (Å²) in [4.78, 5) is 0. The third-order valence-electron chi connectivity index (χ3n) is 9.97. The fourth-order valence-corrected chi connectivity index (χ4v) is 6.58. The van der Waals surface area contributed by atoms with Gasteiger partial charge in [0.15, 0.2) is 11.5 Å². The molecular formula is C47H88Cl2N2O2. The number of unbranched alkanes of at least 4 members (excludes halogenated alkanes) is 25. The molecule has 0 aliphatic rings. The molecule has 0 unspecified atom stereocenters. The van der Waals surface area contributed by atoms with Gasteiger partial charge in [-0.2, -0.15) is 0 Å². The standard InChI is InChI=1S/C47H86N2O2.2ClH/c1-3-5-7-9-11-13-15-17-19-21-23-25-27-29-31-35-41-50-46-38-37-45(44-49-40-34-33-39-48)43-47(46)51-42-36-32-30-28-26-24-22-20-18-16-14-12-10-8-6-4-2;;/h17-20,37-38,43,49H,3-16,21-36,39-42,44,48H2,1-2H3;2*1H. The lowest BCUT2D eigenvalue weighted by molar-refractivity contribution is 0.258. The van der Waals surface area contributed by atoms with Gasteiger partial charge in [-0.05, 0) is 108 Å². The minimum atomic E-state index is 0. The van der Waals surface area contributed by atoms with Crippen LogP contribution in [0.25, 0.3) is 0 Å². The number of ether oxygens (including phenoxy) is 2. The monoisotopic (exact) mass is 783 g/mol. The minimum absolute atomic E-state index is 0. The Morgan fingerprint density at radius 3 is 1.30 bits per heavy atom. The molecule has 1 rings (SSSR count). The van der Waals surface area contributed by atoms with Crippen molar-refractivity contribution < 1.29 is 9.47 Å². The summed E-state index contributed by atoms with van der Waals surface area (Å²) in [6.07, 6.45) is 48.9. The van der Waals surface area contributed by atoms with Crippen molar-refractivity contribution >= 4 is 24.8 Å². The molecule has 312 valence electrons. The first-order chi connectivity index (χ1) is 25.3. The first kappa shape index (κ1) is 53.9. The quantitative estimate of drug-likeness (QED) is 0.0514. The molecule has 1 aromatic rings. The largest absolute Gasteiger partial charge is 0.490 e. The summed E-state index contributed by atoms with van der Waals surface area (Å²) in [5.41, 5.74) is 6.91. The molecule has 0 atom stereocenters. The van der Waals surface area contributed by atoms with Crippen molar-refractivity contribution in [2.45, 2.75) is 213 Å². The van der Waals surface area contributed by atoms with E-state index in [2.05, 4.69) is 61.7 Å². The summed E-state index contributed by atoms with van der Waals surface area (Å²) in [7, 11) is 0. The number of nitrogens with one attached hydrogen (secondary N) is 1. The Balaban J connectivity index is 0. The normalized spacial score (nSPS) is 11.3. The maximum Gasteiger partial charge on any atom is 0.161 e. The summed E-state index contributed by atoms with van der Waals surface area (Å²) >= 11 is 0. The van der Waals surface area contributed by atoms with E-state index in [0.29, 0.717) is 0 Å². The summed E-state index contributed by atoms with van der Waals surface area (Å²) in [5.74, 6) is 1.81. The van der Waals surface area contributed by atoms with Gasteiger partial charge in [-0.25, -0.2) is 0 Å². The van der Waals surface area contributed by atoms with Gasteiger partial charge in [-0.1, -0.05) is 160 Å². The second-order valence-electron chi connectivity index (χ2n) is 15.0. The molecule has 0 aliphatic heterocycles. The maximum absolute atomic E-state index is 6.34.